The van der Waals surface area contributed by atoms with Gasteiger partial charge >= 0.3 is 5.97 Å². The molecule has 0 heterocycles. The van der Waals surface area contributed by atoms with Crippen LogP contribution in [0.5, 0.6) is 11.5 Å². The Morgan fingerprint density at radius 1 is 1.20 bits per heavy atom. The molecule has 0 amide bonds. The molecule has 0 saturated heterocycles. The van der Waals surface area contributed by atoms with Gasteiger partial charge in [-0.25, -0.2) is 13.6 Å². The van der Waals surface area contributed by atoms with Crippen molar-refractivity contribution >= 4 is 5.97 Å². The Hall–Kier alpha value is -1.89. The summed E-state index contributed by atoms with van der Waals surface area (Å²) in [6, 6.07) is 2.17. The fourth-order valence-electron chi connectivity index (χ4n) is 1.68. The Kier molecular flexibility index (Phi) is 5.69. The first kappa shape index (κ1) is 16.2. The van der Waals surface area contributed by atoms with Gasteiger partial charge in [-0.15, -0.1) is 0 Å². The standard InChI is InChI=1S/C13H16F2O5/c1-4-20-13(17)11(16)7-5-9(18-2)10(19-3)6-8(7)12(14)15/h5-6,11-12,16H,4H2,1-3H3. The van der Waals surface area contributed by atoms with Crippen molar-refractivity contribution in [2.24, 2.45) is 0 Å². The lowest BCUT2D eigenvalue weighted by Crippen LogP contribution is -2.17. The highest BCUT2D eigenvalue weighted by molar-refractivity contribution is 5.77. The van der Waals surface area contributed by atoms with Crippen molar-refractivity contribution in [3.8, 4) is 11.5 Å². The smallest absolute Gasteiger partial charge is 0.339 e. The number of carbonyl (C=O) groups excluding carboxylic acids is 1. The summed E-state index contributed by atoms with van der Waals surface area (Å²) in [7, 11) is 2.62. The summed E-state index contributed by atoms with van der Waals surface area (Å²) in [5.41, 5.74) is -0.778. The average molecular weight is 290 g/mol. The van der Waals surface area contributed by atoms with Gasteiger partial charge < -0.3 is 19.3 Å². The molecule has 1 aromatic rings. The first-order chi connectivity index (χ1) is 9.46. The van der Waals surface area contributed by atoms with Gasteiger partial charge in [0.2, 0.25) is 0 Å². The van der Waals surface area contributed by atoms with E-state index in [1.807, 2.05) is 0 Å². The second-order valence-corrected chi connectivity index (χ2v) is 3.79. The molecule has 0 spiro atoms. The molecule has 0 fully saturated rings. The zero-order valence-corrected chi connectivity index (χ0v) is 11.4. The van der Waals surface area contributed by atoms with E-state index >= 15 is 0 Å². The molecule has 0 aliphatic rings. The Labute approximate surface area is 115 Å². The molecule has 1 N–H and O–H groups in total. The Bertz CT molecular complexity index is 476. The van der Waals surface area contributed by atoms with Crippen LogP contribution >= 0.6 is 0 Å². The molecule has 0 radical (unpaired) electrons. The van der Waals surface area contributed by atoms with Gasteiger partial charge in [0.1, 0.15) is 0 Å². The number of methoxy groups -OCH3 is 2. The zero-order valence-electron chi connectivity index (χ0n) is 11.4. The minimum Gasteiger partial charge on any atom is -0.493 e. The van der Waals surface area contributed by atoms with Crippen molar-refractivity contribution in [2.75, 3.05) is 20.8 Å². The number of aliphatic hydroxyl groups excluding tert-OH is 1. The Morgan fingerprint density at radius 2 is 1.70 bits per heavy atom. The number of ether oxygens (including phenoxy) is 3. The second kappa shape index (κ2) is 7.04. The van der Waals surface area contributed by atoms with Crippen LogP contribution in [-0.2, 0) is 9.53 Å². The van der Waals surface area contributed by atoms with Crippen molar-refractivity contribution in [1.82, 2.24) is 0 Å². The predicted molar refractivity (Wildman–Crippen MR) is 66.1 cm³/mol. The van der Waals surface area contributed by atoms with Crippen molar-refractivity contribution in [3.05, 3.63) is 23.3 Å². The van der Waals surface area contributed by atoms with Crippen LogP contribution in [0.15, 0.2) is 12.1 Å². The van der Waals surface area contributed by atoms with Crippen molar-refractivity contribution < 1.29 is 32.9 Å². The second-order valence-electron chi connectivity index (χ2n) is 3.79. The lowest BCUT2D eigenvalue weighted by molar-refractivity contribution is -0.153. The number of halogens is 2. The molecule has 0 saturated carbocycles. The molecule has 1 aromatic carbocycles. The van der Waals surface area contributed by atoms with Crippen LogP contribution in [0.1, 0.15) is 30.6 Å². The van der Waals surface area contributed by atoms with E-state index in [2.05, 4.69) is 4.74 Å². The van der Waals surface area contributed by atoms with Crippen LogP contribution in [-0.4, -0.2) is 31.9 Å². The third kappa shape index (κ3) is 3.36. The van der Waals surface area contributed by atoms with E-state index in [1.54, 1.807) is 6.92 Å². The summed E-state index contributed by atoms with van der Waals surface area (Å²) in [5, 5.41) is 9.83. The van der Waals surface area contributed by atoms with E-state index in [9.17, 15) is 18.7 Å². The maximum Gasteiger partial charge on any atom is 0.339 e. The fourth-order valence-corrected chi connectivity index (χ4v) is 1.68. The summed E-state index contributed by atoms with van der Waals surface area (Å²) in [5.74, 6) is -0.778. The average Bonchev–Trinajstić information content (AvgIpc) is 2.44. The third-order valence-electron chi connectivity index (χ3n) is 2.63. The van der Waals surface area contributed by atoms with Gasteiger partial charge in [0.25, 0.3) is 6.43 Å². The van der Waals surface area contributed by atoms with Crippen LogP contribution in [0.3, 0.4) is 0 Å². The molecular formula is C13H16F2O5. The minimum atomic E-state index is -2.88. The van der Waals surface area contributed by atoms with E-state index in [1.165, 1.54) is 14.2 Å². The summed E-state index contributed by atoms with van der Waals surface area (Å²) in [6.07, 6.45) is -4.69. The van der Waals surface area contributed by atoms with Gasteiger partial charge in [-0.05, 0) is 19.1 Å². The molecule has 0 bridgehead atoms. The summed E-state index contributed by atoms with van der Waals surface area (Å²) < 4.78 is 40.6. The molecule has 1 unspecified atom stereocenters. The van der Waals surface area contributed by atoms with E-state index in [0.29, 0.717) is 0 Å². The van der Waals surface area contributed by atoms with Gasteiger partial charge in [-0.2, -0.15) is 0 Å². The lowest BCUT2D eigenvalue weighted by atomic mass is 10.0. The van der Waals surface area contributed by atoms with Crippen LogP contribution < -0.4 is 9.47 Å². The van der Waals surface area contributed by atoms with Gasteiger partial charge in [0.05, 0.1) is 20.8 Å². The number of alkyl halides is 2. The number of esters is 1. The molecule has 0 aromatic heterocycles. The maximum atomic E-state index is 13.0. The van der Waals surface area contributed by atoms with Gasteiger partial charge in [0.15, 0.2) is 17.6 Å². The van der Waals surface area contributed by atoms with E-state index in [-0.39, 0.29) is 23.7 Å². The first-order valence-corrected chi connectivity index (χ1v) is 5.84. The number of benzene rings is 1. The minimum absolute atomic E-state index is 0.0349. The zero-order chi connectivity index (χ0) is 15.3. The fraction of sp³-hybridized carbons (Fsp3) is 0.462. The number of rotatable bonds is 6. The number of aliphatic hydroxyl groups is 1. The van der Waals surface area contributed by atoms with Gasteiger partial charge in [0, 0.05) is 11.1 Å². The van der Waals surface area contributed by atoms with Crippen molar-refractivity contribution in [2.45, 2.75) is 19.5 Å². The van der Waals surface area contributed by atoms with Crippen molar-refractivity contribution in [3.63, 3.8) is 0 Å². The molecule has 1 atom stereocenters. The monoisotopic (exact) mass is 290 g/mol. The Morgan fingerprint density at radius 3 is 2.10 bits per heavy atom. The largest absolute Gasteiger partial charge is 0.493 e. The molecule has 5 nitrogen and oxygen atoms in total. The number of carbonyl (C=O) groups is 1. The SMILES string of the molecule is CCOC(=O)C(O)c1cc(OC)c(OC)cc1C(F)F. The Balaban J connectivity index is 3.31. The molecule has 7 heteroatoms. The lowest BCUT2D eigenvalue weighted by Gasteiger charge is -2.17. The van der Waals surface area contributed by atoms with Gasteiger partial charge in [-0.1, -0.05) is 0 Å². The summed E-state index contributed by atoms with van der Waals surface area (Å²) in [4.78, 5) is 11.5. The maximum absolute atomic E-state index is 13.0. The quantitative estimate of drug-likeness (QED) is 0.814. The van der Waals surface area contributed by atoms with Crippen LogP contribution in [0.4, 0.5) is 8.78 Å². The molecule has 0 aliphatic carbocycles. The molecule has 112 valence electrons. The van der Waals surface area contributed by atoms with Crippen LogP contribution in [0.2, 0.25) is 0 Å². The van der Waals surface area contributed by atoms with Crippen LogP contribution in [0, 0.1) is 0 Å². The van der Waals surface area contributed by atoms with E-state index in [4.69, 9.17) is 9.47 Å². The van der Waals surface area contributed by atoms with Gasteiger partial charge in [-0.3, -0.25) is 0 Å². The number of hydrogen-bond acceptors (Lipinski definition) is 5. The van der Waals surface area contributed by atoms with E-state index in [0.717, 1.165) is 12.1 Å². The molecule has 1 rings (SSSR count). The first-order valence-electron chi connectivity index (χ1n) is 5.84. The topological polar surface area (TPSA) is 65.0 Å². The third-order valence-corrected chi connectivity index (χ3v) is 2.63. The van der Waals surface area contributed by atoms with E-state index < -0.39 is 24.1 Å². The highest BCUT2D eigenvalue weighted by Gasteiger charge is 2.27. The molecule has 20 heavy (non-hydrogen) atoms. The van der Waals surface area contributed by atoms with Crippen molar-refractivity contribution in [1.29, 1.82) is 0 Å². The predicted octanol–water partition coefficient (Wildman–Crippen LogP) is 2.24. The normalized spacial score (nSPS) is 12.2. The molecular weight excluding hydrogens is 274 g/mol. The highest BCUT2D eigenvalue weighted by atomic mass is 19.3. The number of hydrogen-bond donors (Lipinski definition) is 1. The highest BCUT2D eigenvalue weighted by Crippen LogP contribution is 2.37. The summed E-state index contributed by atoms with van der Waals surface area (Å²) >= 11 is 0. The summed E-state index contributed by atoms with van der Waals surface area (Å²) in [6.45, 7) is 1.58. The molecule has 0 aliphatic heterocycles. The van der Waals surface area contributed by atoms with Crippen LogP contribution in [0.25, 0.3) is 0 Å².